The maximum Gasteiger partial charge on any atom is 0.264 e. The first-order valence-electron chi connectivity index (χ1n) is 5.45. The highest BCUT2D eigenvalue weighted by molar-refractivity contribution is 5.87. The average molecular weight is 272 g/mol. The number of aliphatic hydroxyl groups excluding tert-OH is 2. The molecule has 0 bridgehead atoms. The number of nitrogens with zero attached hydrogens (tertiary/aromatic N) is 1. The van der Waals surface area contributed by atoms with Crippen LogP contribution in [-0.4, -0.2) is 63.2 Å². The monoisotopic (exact) mass is 272 g/mol. The summed E-state index contributed by atoms with van der Waals surface area (Å²) in [5, 5.41) is 31.2. The molecule has 0 aromatic carbocycles. The molecule has 8 heteroatoms. The van der Waals surface area contributed by atoms with Crippen molar-refractivity contribution in [3.05, 3.63) is 12.3 Å². The number of halogens is 1. The number of hydrogen-bond acceptors (Lipinski definition) is 6. The van der Waals surface area contributed by atoms with Crippen LogP contribution in [0.25, 0.3) is 0 Å². The zero-order valence-electron chi connectivity index (χ0n) is 9.78. The van der Waals surface area contributed by atoms with E-state index in [2.05, 4.69) is 5.32 Å². The van der Waals surface area contributed by atoms with Gasteiger partial charge in [-0.2, -0.15) is 0 Å². The number of hydrogen-bond donors (Lipinski definition) is 4. The second-order valence-electron chi connectivity index (χ2n) is 4.32. The van der Waals surface area contributed by atoms with Gasteiger partial charge < -0.3 is 30.3 Å². The zero-order valence-corrected chi connectivity index (χ0v) is 9.78. The number of ether oxygens (including phenoxy) is 1. The number of aliphatic hydroxyl groups is 3. The summed E-state index contributed by atoms with van der Waals surface area (Å²) in [6, 6.07) is 0. The van der Waals surface area contributed by atoms with Gasteiger partial charge in [0.15, 0.2) is 12.3 Å². The predicted octanol–water partition coefficient (Wildman–Crippen LogP) is -2.37. The van der Waals surface area contributed by atoms with Crippen molar-refractivity contribution in [2.45, 2.75) is 23.8 Å². The summed E-state index contributed by atoms with van der Waals surface area (Å²) in [6.07, 6.45) is 3.95. The van der Waals surface area contributed by atoms with Gasteiger partial charge in [0.05, 0.1) is 6.67 Å². The summed E-state index contributed by atoms with van der Waals surface area (Å²) >= 11 is 0. The second-order valence-corrected chi connectivity index (χ2v) is 4.32. The number of terminal acetylenes is 1. The SMILES string of the molecule is C#C[C@]1(O)[C@H](N2C=CC(=O)NC2)O[C@](F)(CO)[C@H]1O. The Morgan fingerprint density at radius 2 is 2.42 bits per heavy atom. The lowest BCUT2D eigenvalue weighted by molar-refractivity contribution is -0.213. The highest BCUT2D eigenvalue weighted by Crippen LogP contribution is 2.40. The number of rotatable bonds is 2. The van der Waals surface area contributed by atoms with E-state index in [9.17, 15) is 19.4 Å². The summed E-state index contributed by atoms with van der Waals surface area (Å²) in [4.78, 5) is 12.2. The van der Waals surface area contributed by atoms with Gasteiger partial charge in [0.2, 0.25) is 11.5 Å². The Hall–Kier alpha value is -1.66. The molecule has 0 unspecified atom stereocenters. The van der Waals surface area contributed by atoms with E-state index in [-0.39, 0.29) is 12.6 Å². The third-order valence-corrected chi connectivity index (χ3v) is 3.11. The molecule has 7 nitrogen and oxygen atoms in total. The predicted molar refractivity (Wildman–Crippen MR) is 59.6 cm³/mol. The minimum Gasteiger partial charge on any atom is -0.390 e. The van der Waals surface area contributed by atoms with E-state index < -0.39 is 30.4 Å². The molecule has 1 saturated heterocycles. The fraction of sp³-hybridized carbons (Fsp3) is 0.545. The van der Waals surface area contributed by atoms with E-state index in [1.807, 2.05) is 5.92 Å². The molecule has 19 heavy (non-hydrogen) atoms. The van der Waals surface area contributed by atoms with Gasteiger partial charge in [0, 0.05) is 12.3 Å². The fourth-order valence-electron chi connectivity index (χ4n) is 2.00. The summed E-state index contributed by atoms with van der Waals surface area (Å²) in [6.45, 7) is -1.25. The van der Waals surface area contributed by atoms with Crippen molar-refractivity contribution >= 4 is 5.91 Å². The van der Waals surface area contributed by atoms with Crippen LogP contribution in [-0.2, 0) is 9.53 Å². The van der Waals surface area contributed by atoms with Gasteiger partial charge >= 0.3 is 0 Å². The van der Waals surface area contributed by atoms with Gasteiger partial charge in [-0.3, -0.25) is 4.79 Å². The molecule has 4 N–H and O–H groups in total. The topological polar surface area (TPSA) is 102 Å². The Balaban J connectivity index is 2.32. The molecular formula is C11H13FN2O5. The smallest absolute Gasteiger partial charge is 0.264 e. The number of amides is 1. The van der Waals surface area contributed by atoms with Crippen molar-refractivity contribution < 1.29 is 29.2 Å². The minimum absolute atomic E-state index is 0.0851. The van der Waals surface area contributed by atoms with E-state index in [1.165, 1.54) is 11.1 Å². The fourth-order valence-corrected chi connectivity index (χ4v) is 2.00. The largest absolute Gasteiger partial charge is 0.390 e. The number of alkyl halides is 1. The van der Waals surface area contributed by atoms with Crippen molar-refractivity contribution in [2.24, 2.45) is 0 Å². The van der Waals surface area contributed by atoms with E-state index in [0.717, 1.165) is 6.08 Å². The van der Waals surface area contributed by atoms with Gasteiger partial charge in [-0.25, -0.2) is 4.39 Å². The number of carbonyl (C=O) groups excluding carboxylic acids is 1. The second kappa shape index (κ2) is 4.47. The van der Waals surface area contributed by atoms with E-state index in [4.69, 9.17) is 16.3 Å². The Morgan fingerprint density at radius 1 is 1.74 bits per heavy atom. The molecular weight excluding hydrogens is 259 g/mol. The normalized spacial score (nSPS) is 42.1. The van der Waals surface area contributed by atoms with Crippen LogP contribution in [0.3, 0.4) is 0 Å². The van der Waals surface area contributed by atoms with Crippen LogP contribution in [0.4, 0.5) is 4.39 Å². The Morgan fingerprint density at radius 3 is 2.89 bits per heavy atom. The molecule has 1 amide bonds. The van der Waals surface area contributed by atoms with Crippen LogP contribution < -0.4 is 5.32 Å². The lowest BCUT2D eigenvalue weighted by atomic mass is 9.93. The molecule has 0 saturated carbocycles. The minimum atomic E-state index is -2.87. The third kappa shape index (κ3) is 1.97. The lowest BCUT2D eigenvalue weighted by Gasteiger charge is -2.35. The van der Waals surface area contributed by atoms with E-state index in [0.29, 0.717) is 0 Å². The Kier molecular flexibility index (Phi) is 3.24. The first-order valence-corrected chi connectivity index (χ1v) is 5.45. The van der Waals surface area contributed by atoms with Gasteiger partial charge in [-0.05, 0) is 0 Å². The first-order chi connectivity index (χ1) is 8.87. The maximum atomic E-state index is 14.1. The molecule has 4 atom stereocenters. The zero-order chi connectivity index (χ0) is 14.3. The van der Waals surface area contributed by atoms with Gasteiger partial charge in [0.25, 0.3) is 5.85 Å². The Labute approximate surface area is 108 Å². The summed E-state index contributed by atoms with van der Waals surface area (Å²) in [5.74, 6) is -1.36. The van der Waals surface area contributed by atoms with Crippen LogP contribution in [0.5, 0.6) is 0 Å². The van der Waals surface area contributed by atoms with E-state index >= 15 is 0 Å². The van der Waals surface area contributed by atoms with Crippen LogP contribution in [0.2, 0.25) is 0 Å². The van der Waals surface area contributed by atoms with Crippen LogP contribution in [0.15, 0.2) is 12.3 Å². The van der Waals surface area contributed by atoms with Crippen LogP contribution in [0, 0.1) is 12.3 Å². The van der Waals surface area contributed by atoms with Gasteiger partial charge in [0.1, 0.15) is 6.61 Å². The summed E-state index contributed by atoms with van der Waals surface area (Å²) in [7, 11) is 0. The summed E-state index contributed by atoms with van der Waals surface area (Å²) in [5.41, 5.74) is -2.36. The molecule has 0 spiro atoms. The van der Waals surface area contributed by atoms with Crippen molar-refractivity contribution in [3.63, 3.8) is 0 Å². The summed E-state index contributed by atoms with van der Waals surface area (Å²) < 4.78 is 18.9. The average Bonchev–Trinajstić information content (AvgIpc) is 2.63. The molecule has 2 rings (SSSR count). The first kappa shape index (κ1) is 13.8. The van der Waals surface area contributed by atoms with Crippen molar-refractivity contribution in [1.82, 2.24) is 10.2 Å². The molecule has 0 aliphatic carbocycles. The molecule has 2 aliphatic heterocycles. The van der Waals surface area contributed by atoms with E-state index in [1.54, 1.807) is 0 Å². The molecule has 0 aromatic heterocycles. The van der Waals surface area contributed by atoms with Crippen LogP contribution in [0.1, 0.15) is 0 Å². The van der Waals surface area contributed by atoms with Crippen molar-refractivity contribution in [1.29, 1.82) is 0 Å². The lowest BCUT2D eigenvalue weighted by Crippen LogP contribution is -2.56. The molecule has 2 heterocycles. The van der Waals surface area contributed by atoms with Gasteiger partial charge in [-0.15, -0.1) is 6.42 Å². The molecule has 1 fully saturated rings. The molecule has 2 aliphatic rings. The van der Waals surface area contributed by atoms with Crippen molar-refractivity contribution in [3.8, 4) is 12.3 Å². The van der Waals surface area contributed by atoms with Crippen molar-refractivity contribution in [2.75, 3.05) is 13.3 Å². The van der Waals surface area contributed by atoms with Gasteiger partial charge in [-0.1, -0.05) is 5.92 Å². The maximum absolute atomic E-state index is 14.1. The van der Waals surface area contributed by atoms with Crippen LogP contribution >= 0.6 is 0 Å². The highest BCUT2D eigenvalue weighted by atomic mass is 19.2. The highest BCUT2D eigenvalue weighted by Gasteiger charge is 2.65. The number of carbonyl (C=O) groups is 1. The molecule has 0 aromatic rings. The molecule has 104 valence electrons. The quantitative estimate of drug-likeness (QED) is 0.419. The molecule has 0 radical (unpaired) electrons. The third-order valence-electron chi connectivity index (χ3n) is 3.11. The Bertz CT molecular complexity index is 464. The standard InChI is InChI=1S/C11H13FN2O5/c1-2-10(18)8(17)11(12,5-15)19-9(10)14-4-3-7(16)13-6-14/h1,3-4,8-9,15,17-18H,5-6H2,(H,13,16)/t8-,9+,10+,11+/m0/s1. The number of nitrogens with one attached hydrogen (secondary N) is 1.